The van der Waals surface area contributed by atoms with Gasteiger partial charge in [0, 0.05) is 12.2 Å². The van der Waals surface area contributed by atoms with Crippen molar-refractivity contribution < 1.29 is 9.47 Å². The highest BCUT2D eigenvalue weighted by atomic mass is 35.5. The Kier molecular flexibility index (Phi) is 6.60. The van der Waals surface area contributed by atoms with Gasteiger partial charge in [-0.05, 0) is 55.7 Å². The molecule has 0 aliphatic heterocycles. The number of hydrogen-bond acceptors (Lipinski definition) is 3. The summed E-state index contributed by atoms with van der Waals surface area (Å²) >= 11 is 6.38. The second kappa shape index (κ2) is 8.68. The Balaban J connectivity index is 2.15. The van der Waals surface area contributed by atoms with Crippen LogP contribution in [0.2, 0.25) is 5.02 Å². The van der Waals surface area contributed by atoms with Crippen molar-refractivity contribution in [3.05, 3.63) is 52.5 Å². The van der Waals surface area contributed by atoms with Crippen LogP contribution < -0.4 is 14.8 Å². The van der Waals surface area contributed by atoms with Gasteiger partial charge in [0.25, 0.3) is 0 Å². The number of benzene rings is 2. The van der Waals surface area contributed by atoms with Crippen LogP contribution in [-0.2, 0) is 6.54 Å². The molecule has 0 unspecified atom stereocenters. The van der Waals surface area contributed by atoms with E-state index in [4.69, 9.17) is 21.1 Å². The Morgan fingerprint density at radius 1 is 1.09 bits per heavy atom. The van der Waals surface area contributed by atoms with Gasteiger partial charge in [0.05, 0.1) is 18.2 Å². The number of hydrogen-bond donors (Lipinski definition) is 1. The molecule has 2 rings (SSSR count). The van der Waals surface area contributed by atoms with E-state index in [1.54, 1.807) is 0 Å². The van der Waals surface area contributed by atoms with Gasteiger partial charge in [-0.15, -0.1) is 0 Å². The lowest BCUT2D eigenvalue weighted by molar-refractivity contribution is 0.277. The quantitative estimate of drug-likeness (QED) is 0.697. The summed E-state index contributed by atoms with van der Waals surface area (Å²) in [6.45, 7) is 7.98. The summed E-state index contributed by atoms with van der Waals surface area (Å²) in [5, 5.41) is 3.99. The highest BCUT2D eigenvalue weighted by molar-refractivity contribution is 6.32. The third kappa shape index (κ3) is 5.07. The van der Waals surface area contributed by atoms with Gasteiger partial charge < -0.3 is 14.8 Å². The first-order valence-corrected chi connectivity index (χ1v) is 8.40. The second-order valence-electron chi connectivity index (χ2n) is 5.41. The van der Waals surface area contributed by atoms with Gasteiger partial charge in [0.1, 0.15) is 0 Å². The van der Waals surface area contributed by atoms with Gasteiger partial charge in [-0.3, -0.25) is 0 Å². The lowest BCUT2D eigenvalue weighted by Crippen LogP contribution is -2.04. The molecule has 0 aliphatic rings. The minimum absolute atomic E-state index is 0.577. The van der Waals surface area contributed by atoms with Crippen molar-refractivity contribution in [1.82, 2.24) is 0 Å². The molecule has 23 heavy (non-hydrogen) atoms. The fourth-order valence-corrected chi connectivity index (χ4v) is 2.58. The Morgan fingerprint density at radius 3 is 2.61 bits per heavy atom. The molecule has 0 aromatic heterocycles. The summed E-state index contributed by atoms with van der Waals surface area (Å²) in [6.07, 6.45) is 0.929. The van der Waals surface area contributed by atoms with Gasteiger partial charge in [0.15, 0.2) is 11.5 Å². The highest BCUT2D eigenvalue weighted by Crippen LogP contribution is 2.37. The molecule has 124 valence electrons. The monoisotopic (exact) mass is 333 g/mol. The lowest BCUT2D eigenvalue weighted by Gasteiger charge is -2.15. The van der Waals surface area contributed by atoms with Crippen LogP contribution in [0.3, 0.4) is 0 Å². The first-order chi connectivity index (χ1) is 11.1. The minimum Gasteiger partial charge on any atom is -0.490 e. The Morgan fingerprint density at radius 2 is 1.91 bits per heavy atom. The van der Waals surface area contributed by atoms with Gasteiger partial charge in [-0.25, -0.2) is 0 Å². The molecule has 0 saturated carbocycles. The minimum atomic E-state index is 0.577. The summed E-state index contributed by atoms with van der Waals surface area (Å²) in [5.74, 6) is 1.34. The fraction of sp³-hybridized carbons (Fsp3) is 0.368. The fourth-order valence-electron chi connectivity index (χ4n) is 2.29. The lowest BCUT2D eigenvalue weighted by atomic mass is 10.1. The van der Waals surface area contributed by atoms with Crippen molar-refractivity contribution in [2.24, 2.45) is 0 Å². The SMILES string of the molecule is CCCOc1c(Cl)cc(CNc2cccc(C)c2)cc1OCC. The zero-order valence-corrected chi connectivity index (χ0v) is 14.7. The van der Waals surface area contributed by atoms with E-state index in [0.29, 0.717) is 36.3 Å². The normalized spacial score (nSPS) is 10.4. The average Bonchev–Trinajstić information content (AvgIpc) is 2.52. The van der Waals surface area contributed by atoms with Crippen molar-refractivity contribution in [2.75, 3.05) is 18.5 Å². The van der Waals surface area contributed by atoms with Crippen molar-refractivity contribution in [3.8, 4) is 11.5 Å². The van der Waals surface area contributed by atoms with Crippen molar-refractivity contribution >= 4 is 17.3 Å². The first kappa shape index (κ1) is 17.5. The van der Waals surface area contributed by atoms with Crippen LogP contribution >= 0.6 is 11.6 Å². The summed E-state index contributed by atoms with van der Waals surface area (Å²) in [6, 6.07) is 12.2. The van der Waals surface area contributed by atoms with Gasteiger partial charge in [-0.2, -0.15) is 0 Å². The van der Waals surface area contributed by atoms with Gasteiger partial charge in [-0.1, -0.05) is 30.7 Å². The van der Waals surface area contributed by atoms with Crippen molar-refractivity contribution in [3.63, 3.8) is 0 Å². The summed E-state index contributed by atoms with van der Waals surface area (Å²) in [4.78, 5) is 0. The smallest absolute Gasteiger partial charge is 0.179 e. The molecule has 0 aliphatic carbocycles. The molecule has 2 aromatic rings. The number of ether oxygens (including phenoxy) is 2. The Labute approximate surface area is 143 Å². The van der Waals surface area contributed by atoms with Crippen molar-refractivity contribution in [1.29, 1.82) is 0 Å². The van der Waals surface area contributed by atoms with E-state index in [9.17, 15) is 0 Å². The zero-order chi connectivity index (χ0) is 16.7. The molecular weight excluding hydrogens is 310 g/mol. The van der Waals surface area contributed by atoms with Crippen LogP contribution in [0.15, 0.2) is 36.4 Å². The van der Waals surface area contributed by atoms with Crippen LogP contribution in [0, 0.1) is 6.92 Å². The van der Waals surface area contributed by atoms with E-state index in [1.807, 2.05) is 25.1 Å². The molecule has 0 spiro atoms. The molecule has 1 N–H and O–H groups in total. The molecule has 0 saturated heterocycles. The molecule has 0 fully saturated rings. The molecule has 0 amide bonds. The summed E-state index contributed by atoms with van der Waals surface area (Å²) in [5.41, 5.74) is 3.38. The topological polar surface area (TPSA) is 30.5 Å². The third-order valence-corrected chi connectivity index (χ3v) is 3.62. The van der Waals surface area contributed by atoms with Crippen LogP contribution in [0.4, 0.5) is 5.69 Å². The van der Waals surface area contributed by atoms with E-state index in [0.717, 1.165) is 17.7 Å². The van der Waals surface area contributed by atoms with E-state index in [2.05, 4.69) is 37.4 Å². The molecule has 4 heteroatoms. The summed E-state index contributed by atoms with van der Waals surface area (Å²) in [7, 11) is 0. The van der Waals surface area contributed by atoms with E-state index in [1.165, 1.54) is 5.56 Å². The van der Waals surface area contributed by atoms with Crippen LogP contribution in [0.1, 0.15) is 31.4 Å². The molecule has 0 heterocycles. The molecule has 0 bridgehead atoms. The second-order valence-corrected chi connectivity index (χ2v) is 5.82. The molecule has 2 aromatic carbocycles. The Bertz CT molecular complexity index is 643. The molecule has 0 radical (unpaired) electrons. The van der Waals surface area contributed by atoms with E-state index >= 15 is 0 Å². The molecule has 3 nitrogen and oxygen atoms in total. The van der Waals surface area contributed by atoms with Crippen LogP contribution in [0.25, 0.3) is 0 Å². The average molecular weight is 334 g/mol. The number of halogens is 1. The van der Waals surface area contributed by atoms with E-state index in [-0.39, 0.29) is 0 Å². The first-order valence-electron chi connectivity index (χ1n) is 8.02. The maximum atomic E-state index is 6.38. The predicted molar refractivity (Wildman–Crippen MR) is 96.9 cm³/mol. The standard InChI is InChI=1S/C19H24ClNO2/c1-4-9-23-19-17(20)11-15(12-18(19)22-5-2)13-21-16-8-6-7-14(3)10-16/h6-8,10-12,21H,4-5,9,13H2,1-3H3. The maximum absolute atomic E-state index is 6.38. The maximum Gasteiger partial charge on any atom is 0.179 e. The number of nitrogens with one attached hydrogen (secondary N) is 1. The van der Waals surface area contributed by atoms with E-state index < -0.39 is 0 Å². The highest BCUT2D eigenvalue weighted by Gasteiger charge is 2.12. The van der Waals surface area contributed by atoms with Crippen LogP contribution in [-0.4, -0.2) is 13.2 Å². The van der Waals surface area contributed by atoms with Gasteiger partial charge >= 0.3 is 0 Å². The number of anilines is 1. The third-order valence-electron chi connectivity index (χ3n) is 3.33. The molecular formula is C19H24ClNO2. The largest absolute Gasteiger partial charge is 0.490 e. The Hall–Kier alpha value is -1.87. The number of aryl methyl sites for hydroxylation is 1. The van der Waals surface area contributed by atoms with Crippen molar-refractivity contribution in [2.45, 2.75) is 33.7 Å². The zero-order valence-electron chi connectivity index (χ0n) is 14.0. The van der Waals surface area contributed by atoms with Gasteiger partial charge in [0.2, 0.25) is 0 Å². The molecule has 0 atom stereocenters. The van der Waals surface area contributed by atoms with Crippen LogP contribution in [0.5, 0.6) is 11.5 Å². The number of rotatable bonds is 8. The predicted octanol–water partition coefficient (Wildman–Crippen LogP) is 5.45. The summed E-state index contributed by atoms with van der Waals surface area (Å²) < 4.78 is 11.4.